The Morgan fingerprint density at radius 1 is 1.12 bits per heavy atom. The first kappa shape index (κ1) is 11.8. The van der Waals surface area contributed by atoms with Crippen LogP contribution in [0.1, 0.15) is 11.1 Å². The molecule has 2 rings (SSSR count). The summed E-state index contributed by atoms with van der Waals surface area (Å²) in [5.74, 6) is -0.0573. The largest absolute Gasteiger partial charge is 0.317 e. The van der Waals surface area contributed by atoms with Gasteiger partial charge in [-0.2, -0.15) is 0 Å². The summed E-state index contributed by atoms with van der Waals surface area (Å²) in [5.41, 5.74) is 2.82. The molecule has 0 spiro atoms. The van der Waals surface area contributed by atoms with E-state index in [1.165, 1.54) is 10.5 Å². The van der Waals surface area contributed by atoms with Gasteiger partial charge in [0, 0.05) is 14.1 Å². The first-order valence-electron chi connectivity index (χ1n) is 5.35. The molecule has 88 valence electrons. The topological polar surface area (TPSA) is 23.6 Å². The van der Waals surface area contributed by atoms with Crippen LogP contribution in [0.5, 0.6) is 0 Å². The Morgan fingerprint density at radius 3 is 2.18 bits per heavy atom. The number of aryl methyl sites for hydroxylation is 1. The molecule has 0 aliphatic carbocycles. The summed E-state index contributed by atoms with van der Waals surface area (Å²) in [5, 5.41) is 0.536. The lowest BCUT2D eigenvalue weighted by molar-refractivity contribution is -0.121. The number of carbonyl (C=O) groups is 1. The van der Waals surface area contributed by atoms with Gasteiger partial charge in [0.15, 0.2) is 5.11 Å². The van der Waals surface area contributed by atoms with Crippen LogP contribution in [0.3, 0.4) is 0 Å². The zero-order valence-corrected chi connectivity index (χ0v) is 10.9. The van der Waals surface area contributed by atoms with Gasteiger partial charge in [-0.25, -0.2) is 0 Å². The van der Waals surface area contributed by atoms with Crippen molar-refractivity contribution in [3.63, 3.8) is 0 Å². The van der Waals surface area contributed by atoms with Crippen LogP contribution in [0.25, 0.3) is 6.08 Å². The highest BCUT2D eigenvalue weighted by Crippen LogP contribution is 2.20. The number of hydrogen-bond donors (Lipinski definition) is 0. The predicted octanol–water partition coefficient (Wildman–Crippen LogP) is 2.02. The summed E-state index contributed by atoms with van der Waals surface area (Å²) in [6, 6.07) is 8.03. The van der Waals surface area contributed by atoms with Crippen molar-refractivity contribution in [2.24, 2.45) is 0 Å². The molecule has 0 N–H and O–H groups in total. The van der Waals surface area contributed by atoms with E-state index in [0.29, 0.717) is 10.8 Å². The summed E-state index contributed by atoms with van der Waals surface area (Å²) < 4.78 is 0. The minimum Gasteiger partial charge on any atom is -0.317 e. The van der Waals surface area contributed by atoms with Crippen LogP contribution >= 0.6 is 12.2 Å². The SMILES string of the molecule is Cc1ccc(/C=C2/C(=O)N(C)C(=S)N2C)cc1. The second-order valence-electron chi connectivity index (χ2n) is 4.15. The smallest absolute Gasteiger partial charge is 0.276 e. The van der Waals surface area contributed by atoms with E-state index in [1.54, 1.807) is 11.9 Å². The Hall–Kier alpha value is -1.68. The van der Waals surface area contributed by atoms with E-state index < -0.39 is 0 Å². The van der Waals surface area contributed by atoms with E-state index in [0.717, 1.165) is 5.56 Å². The van der Waals surface area contributed by atoms with Crippen LogP contribution in [-0.2, 0) is 4.79 Å². The van der Waals surface area contributed by atoms with Crippen LogP contribution in [0.15, 0.2) is 30.0 Å². The van der Waals surface area contributed by atoms with E-state index in [2.05, 4.69) is 0 Å². The molecule has 1 heterocycles. The van der Waals surface area contributed by atoms with E-state index in [9.17, 15) is 4.79 Å². The molecule has 1 aromatic rings. The van der Waals surface area contributed by atoms with Crippen LogP contribution in [0, 0.1) is 6.92 Å². The molecule has 4 heteroatoms. The summed E-state index contributed by atoms with van der Waals surface area (Å²) in [6.45, 7) is 2.03. The first-order chi connectivity index (χ1) is 8.00. The zero-order chi connectivity index (χ0) is 12.6. The second kappa shape index (κ2) is 4.30. The van der Waals surface area contributed by atoms with Gasteiger partial charge >= 0.3 is 0 Å². The fourth-order valence-electron chi connectivity index (χ4n) is 1.71. The lowest BCUT2D eigenvalue weighted by Crippen LogP contribution is -2.26. The minimum absolute atomic E-state index is 0.0573. The molecule has 3 nitrogen and oxygen atoms in total. The summed E-state index contributed by atoms with van der Waals surface area (Å²) in [6.07, 6.45) is 1.86. The van der Waals surface area contributed by atoms with Gasteiger partial charge in [-0.1, -0.05) is 29.8 Å². The zero-order valence-electron chi connectivity index (χ0n) is 10.1. The molecule has 1 fully saturated rings. The number of likely N-dealkylation sites (N-methyl/N-ethyl adjacent to an activating group) is 2. The Kier molecular flexibility index (Phi) is 2.98. The van der Waals surface area contributed by atoms with Crippen molar-refractivity contribution < 1.29 is 4.79 Å². The van der Waals surface area contributed by atoms with Crippen molar-refractivity contribution in [1.29, 1.82) is 0 Å². The third-order valence-corrected chi connectivity index (χ3v) is 3.39. The molecule has 0 atom stereocenters. The predicted molar refractivity (Wildman–Crippen MR) is 72.3 cm³/mol. The third-order valence-electron chi connectivity index (χ3n) is 2.84. The van der Waals surface area contributed by atoms with Crippen molar-refractivity contribution in [2.75, 3.05) is 14.1 Å². The van der Waals surface area contributed by atoms with Gasteiger partial charge in [-0.3, -0.25) is 9.69 Å². The Morgan fingerprint density at radius 2 is 1.71 bits per heavy atom. The summed E-state index contributed by atoms with van der Waals surface area (Å²) >= 11 is 5.15. The first-order valence-corrected chi connectivity index (χ1v) is 5.75. The van der Waals surface area contributed by atoms with Gasteiger partial charge in [-0.15, -0.1) is 0 Å². The number of hydrogen-bond acceptors (Lipinski definition) is 2. The maximum absolute atomic E-state index is 11.9. The van der Waals surface area contributed by atoms with Crippen molar-refractivity contribution >= 4 is 29.3 Å². The standard InChI is InChI=1S/C13H14N2OS/c1-9-4-6-10(7-5-9)8-11-12(16)15(3)13(17)14(11)2/h4-8H,1-3H3/b11-8-. The Balaban J connectivity index is 2.37. The quantitative estimate of drug-likeness (QED) is 0.559. The van der Waals surface area contributed by atoms with E-state index in [4.69, 9.17) is 12.2 Å². The molecule has 1 aliphatic rings. The lowest BCUT2D eigenvalue weighted by Gasteiger charge is -2.11. The average Bonchev–Trinajstić information content (AvgIpc) is 2.50. The maximum atomic E-state index is 11.9. The van der Waals surface area contributed by atoms with Crippen molar-refractivity contribution in [3.8, 4) is 0 Å². The molecule has 17 heavy (non-hydrogen) atoms. The number of rotatable bonds is 1. The molecule has 0 unspecified atom stereocenters. The minimum atomic E-state index is -0.0573. The Bertz CT molecular complexity index is 505. The Labute approximate surface area is 106 Å². The fourth-order valence-corrected chi connectivity index (χ4v) is 1.89. The molecule has 1 saturated heterocycles. The molecule has 0 aromatic heterocycles. The van der Waals surface area contributed by atoms with Gasteiger partial charge in [0.25, 0.3) is 5.91 Å². The van der Waals surface area contributed by atoms with E-state index in [1.807, 2.05) is 44.3 Å². The highest BCUT2D eigenvalue weighted by Gasteiger charge is 2.32. The van der Waals surface area contributed by atoms with Crippen LogP contribution in [-0.4, -0.2) is 34.9 Å². The average molecular weight is 246 g/mol. The number of amides is 1. The second-order valence-corrected chi connectivity index (χ2v) is 4.51. The van der Waals surface area contributed by atoms with Crippen molar-refractivity contribution in [1.82, 2.24) is 9.80 Å². The van der Waals surface area contributed by atoms with Gasteiger partial charge in [0.05, 0.1) is 0 Å². The highest BCUT2D eigenvalue weighted by molar-refractivity contribution is 7.80. The number of carbonyl (C=O) groups excluding carboxylic acids is 1. The summed E-state index contributed by atoms with van der Waals surface area (Å²) in [7, 11) is 3.50. The summed E-state index contributed by atoms with van der Waals surface area (Å²) in [4.78, 5) is 15.1. The fraction of sp³-hybridized carbons (Fsp3) is 0.231. The molecule has 1 amide bonds. The van der Waals surface area contributed by atoms with Crippen LogP contribution in [0.4, 0.5) is 0 Å². The van der Waals surface area contributed by atoms with Gasteiger partial charge < -0.3 is 4.90 Å². The molecule has 0 bridgehead atoms. The molecule has 0 saturated carbocycles. The highest BCUT2D eigenvalue weighted by atomic mass is 32.1. The molecular formula is C13H14N2OS. The van der Waals surface area contributed by atoms with Crippen LogP contribution in [0.2, 0.25) is 0 Å². The molecule has 1 aromatic carbocycles. The number of thiocarbonyl (C=S) groups is 1. The monoisotopic (exact) mass is 246 g/mol. The van der Waals surface area contributed by atoms with Gasteiger partial charge in [-0.05, 0) is 30.8 Å². The maximum Gasteiger partial charge on any atom is 0.276 e. The number of nitrogens with zero attached hydrogens (tertiary/aromatic N) is 2. The van der Waals surface area contributed by atoms with Crippen LogP contribution < -0.4 is 0 Å². The molecular weight excluding hydrogens is 232 g/mol. The normalized spacial score (nSPS) is 18.4. The molecule has 1 aliphatic heterocycles. The van der Waals surface area contributed by atoms with Crippen molar-refractivity contribution in [2.45, 2.75) is 6.92 Å². The third kappa shape index (κ3) is 2.08. The van der Waals surface area contributed by atoms with E-state index in [-0.39, 0.29) is 5.91 Å². The van der Waals surface area contributed by atoms with E-state index >= 15 is 0 Å². The lowest BCUT2D eigenvalue weighted by atomic mass is 10.1. The van der Waals surface area contributed by atoms with Gasteiger partial charge in [0.1, 0.15) is 5.70 Å². The molecule has 0 radical (unpaired) electrons. The number of benzene rings is 1. The van der Waals surface area contributed by atoms with Crippen molar-refractivity contribution in [3.05, 3.63) is 41.1 Å². The van der Waals surface area contributed by atoms with Gasteiger partial charge in [0.2, 0.25) is 0 Å².